The molecule has 1 aromatic heterocycles. The number of fused-ring (bicyclic) bond motifs is 2. The maximum absolute atomic E-state index is 14.6. The van der Waals surface area contributed by atoms with E-state index in [1.807, 2.05) is 12.1 Å². The second-order valence-corrected chi connectivity index (χ2v) is 11.6. The molecule has 2 aromatic carbocycles. The average Bonchev–Trinajstić information content (AvgIpc) is 3.47. The number of nitrogens with one attached hydrogen (secondary N) is 1. The van der Waals surface area contributed by atoms with E-state index in [-0.39, 0.29) is 23.6 Å². The van der Waals surface area contributed by atoms with Crippen molar-refractivity contribution in [1.29, 1.82) is 0 Å². The van der Waals surface area contributed by atoms with Gasteiger partial charge in [0.2, 0.25) is 5.91 Å². The maximum atomic E-state index is 14.6. The van der Waals surface area contributed by atoms with Gasteiger partial charge in [-0.25, -0.2) is 4.39 Å². The summed E-state index contributed by atoms with van der Waals surface area (Å²) >= 11 is 7.75. The molecule has 9 heteroatoms. The summed E-state index contributed by atoms with van der Waals surface area (Å²) in [5.74, 6) is 0.208. The Morgan fingerprint density at radius 1 is 1.17 bits per heavy atom. The van der Waals surface area contributed by atoms with Crippen molar-refractivity contribution in [2.45, 2.75) is 25.3 Å². The Balaban J connectivity index is 1.13. The van der Waals surface area contributed by atoms with Crippen LogP contribution in [0.25, 0.3) is 10.1 Å². The van der Waals surface area contributed by atoms with Gasteiger partial charge in [0.15, 0.2) is 17.3 Å². The van der Waals surface area contributed by atoms with Gasteiger partial charge in [-0.1, -0.05) is 17.7 Å². The smallest absolute Gasteiger partial charge is 0.225 e. The van der Waals surface area contributed by atoms with Gasteiger partial charge in [0.05, 0.1) is 10.3 Å². The van der Waals surface area contributed by atoms with Gasteiger partial charge in [0.25, 0.3) is 0 Å². The molecule has 1 unspecified atom stereocenters. The molecule has 3 aliphatic rings. The third kappa shape index (κ3) is 4.99. The molecule has 0 spiro atoms. The third-order valence-corrected chi connectivity index (χ3v) is 8.54. The van der Waals surface area contributed by atoms with E-state index in [2.05, 4.69) is 33.3 Å². The van der Waals surface area contributed by atoms with Crippen molar-refractivity contribution in [3.05, 3.63) is 52.1 Å². The molecule has 2 saturated heterocycles. The highest BCUT2D eigenvalue weighted by Crippen LogP contribution is 2.35. The highest BCUT2D eigenvalue weighted by Gasteiger charge is 2.31. The molecule has 1 N–H and O–H groups in total. The molecule has 3 aromatic rings. The maximum Gasteiger partial charge on any atom is 0.225 e. The number of hydrogen-bond donors (Lipinski definition) is 1. The van der Waals surface area contributed by atoms with Crippen LogP contribution >= 0.6 is 22.9 Å². The van der Waals surface area contributed by atoms with Crippen LogP contribution in [-0.4, -0.2) is 62.8 Å². The predicted octanol–water partition coefficient (Wildman–Crippen LogP) is 4.72. The fourth-order valence-electron chi connectivity index (χ4n) is 5.32. The molecule has 0 radical (unpaired) electrons. The Kier molecular flexibility index (Phi) is 6.67. The van der Waals surface area contributed by atoms with Crippen LogP contribution in [0, 0.1) is 11.7 Å². The van der Waals surface area contributed by atoms with Gasteiger partial charge in [0, 0.05) is 36.1 Å². The monoisotopic (exact) mass is 529 g/mol. The van der Waals surface area contributed by atoms with Gasteiger partial charge >= 0.3 is 0 Å². The second kappa shape index (κ2) is 10.1. The average molecular weight is 530 g/mol. The lowest BCUT2D eigenvalue weighted by atomic mass is 10.0. The number of thiophene rings is 1. The number of halogens is 2. The van der Waals surface area contributed by atoms with Gasteiger partial charge in [0.1, 0.15) is 13.2 Å². The van der Waals surface area contributed by atoms with Crippen LogP contribution in [0.4, 0.5) is 10.1 Å². The van der Waals surface area contributed by atoms with E-state index >= 15 is 0 Å². The van der Waals surface area contributed by atoms with E-state index in [4.69, 9.17) is 21.1 Å². The topological polar surface area (TPSA) is 54.0 Å². The van der Waals surface area contributed by atoms with Crippen molar-refractivity contribution in [3.8, 4) is 11.5 Å². The van der Waals surface area contributed by atoms with E-state index < -0.39 is 5.82 Å². The van der Waals surface area contributed by atoms with Crippen LogP contribution < -0.4 is 19.7 Å². The van der Waals surface area contributed by atoms with Gasteiger partial charge < -0.3 is 24.6 Å². The minimum absolute atomic E-state index is 0.0706. The lowest BCUT2D eigenvalue weighted by molar-refractivity contribution is -0.125. The molecule has 190 valence electrons. The molecule has 6 rings (SSSR count). The van der Waals surface area contributed by atoms with Crippen LogP contribution in [0.1, 0.15) is 18.4 Å². The van der Waals surface area contributed by atoms with Crippen LogP contribution in [0.15, 0.2) is 36.4 Å². The van der Waals surface area contributed by atoms with Crippen molar-refractivity contribution in [1.82, 2.24) is 10.2 Å². The normalized spacial score (nSPS) is 20.4. The molecule has 0 saturated carbocycles. The number of carbonyl (C=O) groups is 1. The highest BCUT2D eigenvalue weighted by atomic mass is 35.5. The number of ether oxygens (including phenoxy) is 2. The first-order chi connectivity index (χ1) is 17.5. The zero-order valence-electron chi connectivity index (χ0n) is 20.0. The lowest BCUT2D eigenvalue weighted by Crippen LogP contribution is -2.50. The van der Waals surface area contributed by atoms with Crippen molar-refractivity contribution in [3.63, 3.8) is 0 Å². The summed E-state index contributed by atoms with van der Waals surface area (Å²) in [4.78, 5) is 17.9. The highest BCUT2D eigenvalue weighted by molar-refractivity contribution is 7.22. The van der Waals surface area contributed by atoms with E-state index in [0.29, 0.717) is 31.9 Å². The van der Waals surface area contributed by atoms with Crippen LogP contribution in [-0.2, 0) is 11.2 Å². The van der Waals surface area contributed by atoms with Crippen LogP contribution in [0.5, 0.6) is 11.5 Å². The number of hydrogen-bond acceptors (Lipinski definition) is 6. The molecular formula is C27H29ClFN3O3S. The summed E-state index contributed by atoms with van der Waals surface area (Å²) in [6.45, 7) is 5.12. The van der Waals surface area contributed by atoms with Gasteiger partial charge in [-0.05, 0) is 73.6 Å². The zero-order valence-corrected chi connectivity index (χ0v) is 21.5. The van der Waals surface area contributed by atoms with Crippen LogP contribution in [0.2, 0.25) is 4.34 Å². The number of rotatable bonds is 7. The summed E-state index contributed by atoms with van der Waals surface area (Å²) in [6, 6.07) is 11.6. The molecule has 3 aliphatic heterocycles. The number of nitrogens with zero attached hydrogens (tertiary/aromatic N) is 2. The molecular weight excluding hydrogens is 501 g/mol. The molecule has 36 heavy (non-hydrogen) atoms. The van der Waals surface area contributed by atoms with Crippen molar-refractivity contribution in [2.75, 3.05) is 50.8 Å². The first-order valence-electron chi connectivity index (χ1n) is 12.6. The van der Waals surface area contributed by atoms with Crippen LogP contribution in [0.3, 0.4) is 0 Å². The molecule has 2 atom stereocenters. The number of carbonyl (C=O) groups excluding carboxylic acids is 1. The molecule has 0 aliphatic carbocycles. The predicted molar refractivity (Wildman–Crippen MR) is 141 cm³/mol. The largest absolute Gasteiger partial charge is 0.486 e. The standard InChI is InChI=1S/C27H29ClFN3O3S/c28-25-13-18-2-3-21(14-24(18)36-25)32-7-4-19(15-32)27(33)30-20(16-31-5-1-6-31)10-17-11-22(29)26-23(12-17)34-8-9-35-26/h2-3,11-14,19-20H,1,4-10,15-16H2,(H,30,33)/t19-,20?/m1/s1. The quantitative estimate of drug-likeness (QED) is 0.480. The third-order valence-electron chi connectivity index (χ3n) is 7.31. The minimum Gasteiger partial charge on any atom is -0.486 e. The Morgan fingerprint density at radius 2 is 2.03 bits per heavy atom. The Labute approximate surface area is 218 Å². The Hall–Kier alpha value is -2.55. The first kappa shape index (κ1) is 23.8. The zero-order chi connectivity index (χ0) is 24.6. The summed E-state index contributed by atoms with van der Waals surface area (Å²) in [5.41, 5.74) is 1.93. The molecule has 6 nitrogen and oxygen atoms in total. The fraction of sp³-hybridized carbons (Fsp3) is 0.444. The SMILES string of the molecule is O=C(NC(Cc1cc(F)c2c(c1)OCCO2)CN1CCC1)[C@@H]1CCN(c2ccc3cc(Cl)sc3c2)C1. The van der Waals surface area contributed by atoms with E-state index in [9.17, 15) is 9.18 Å². The van der Waals surface area contributed by atoms with Crippen molar-refractivity contribution >= 4 is 44.6 Å². The van der Waals surface area contributed by atoms with E-state index in [0.717, 1.165) is 58.3 Å². The number of amides is 1. The van der Waals surface area contributed by atoms with Gasteiger partial charge in [-0.2, -0.15) is 0 Å². The number of benzene rings is 2. The molecule has 1 amide bonds. The summed E-state index contributed by atoms with van der Waals surface area (Å²) in [6.07, 6.45) is 2.53. The molecule has 4 heterocycles. The molecule has 0 bridgehead atoms. The Bertz CT molecular complexity index is 1280. The van der Waals surface area contributed by atoms with Crippen molar-refractivity contribution in [2.24, 2.45) is 5.92 Å². The Morgan fingerprint density at radius 3 is 2.86 bits per heavy atom. The second-order valence-electron chi connectivity index (χ2n) is 9.87. The van der Waals surface area contributed by atoms with Crippen molar-refractivity contribution < 1.29 is 18.7 Å². The fourth-order valence-corrected chi connectivity index (χ4v) is 6.50. The summed E-state index contributed by atoms with van der Waals surface area (Å²) < 4.78 is 27.6. The number of likely N-dealkylation sites (tertiary alicyclic amines) is 1. The van der Waals surface area contributed by atoms with E-state index in [1.54, 1.807) is 11.3 Å². The minimum atomic E-state index is -0.411. The van der Waals surface area contributed by atoms with Gasteiger partial charge in [-0.3, -0.25) is 4.79 Å². The first-order valence-corrected chi connectivity index (χ1v) is 13.8. The van der Waals surface area contributed by atoms with E-state index in [1.165, 1.54) is 12.5 Å². The summed E-state index contributed by atoms with van der Waals surface area (Å²) in [5, 5.41) is 4.44. The number of anilines is 1. The lowest BCUT2D eigenvalue weighted by Gasteiger charge is -2.35. The molecule has 2 fully saturated rings. The summed E-state index contributed by atoms with van der Waals surface area (Å²) in [7, 11) is 0. The van der Waals surface area contributed by atoms with Gasteiger partial charge in [-0.15, -0.1) is 11.3 Å².